The van der Waals surface area contributed by atoms with Crippen LogP contribution in [-0.4, -0.2) is 37.9 Å². The third-order valence-corrected chi connectivity index (χ3v) is 4.86. The molecule has 0 bridgehead atoms. The summed E-state index contributed by atoms with van der Waals surface area (Å²) in [5, 5.41) is 6.16. The van der Waals surface area contributed by atoms with Crippen molar-refractivity contribution >= 4 is 9.84 Å². The van der Waals surface area contributed by atoms with Crippen LogP contribution in [0.25, 0.3) is 0 Å². The zero-order valence-corrected chi connectivity index (χ0v) is 9.96. The first-order valence-electron chi connectivity index (χ1n) is 5.32. The van der Waals surface area contributed by atoms with Gasteiger partial charge in [-0.1, -0.05) is 5.16 Å². The van der Waals surface area contributed by atoms with E-state index in [4.69, 9.17) is 4.52 Å². The summed E-state index contributed by atoms with van der Waals surface area (Å²) in [6.07, 6.45) is 1.91. The van der Waals surface area contributed by atoms with Crippen LogP contribution in [0.15, 0.2) is 4.52 Å². The van der Waals surface area contributed by atoms with Gasteiger partial charge < -0.3 is 9.84 Å². The van der Waals surface area contributed by atoms with Crippen LogP contribution in [0.1, 0.15) is 29.8 Å². The number of hydrogen-bond donors (Lipinski definition) is 1. The van der Waals surface area contributed by atoms with Gasteiger partial charge in [-0.2, -0.15) is 4.98 Å². The van der Waals surface area contributed by atoms with Crippen molar-refractivity contribution < 1.29 is 12.9 Å². The lowest BCUT2D eigenvalue weighted by Gasteiger charge is -2.01. The Labute approximate surface area is 94.3 Å². The van der Waals surface area contributed by atoms with Crippen molar-refractivity contribution in [2.45, 2.75) is 24.5 Å². The summed E-state index contributed by atoms with van der Waals surface area (Å²) in [6, 6.07) is 0. The van der Waals surface area contributed by atoms with E-state index in [-0.39, 0.29) is 5.75 Å². The van der Waals surface area contributed by atoms with Crippen LogP contribution in [0.5, 0.6) is 0 Å². The summed E-state index contributed by atoms with van der Waals surface area (Å²) in [5.41, 5.74) is 0. The van der Waals surface area contributed by atoms with E-state index in [0.29, 0.717) is 31.0 Å². The molecule has 0 spiro atoms. The highest BCUT2D eigenvalue weighted by Crippen LogP contribution is 2.32. The molecule has 2 heterocycles. The lowest BCUT2D eigenvalue weighted by Crippen LogP contribution is -2.11. The molecule has 1 fully saturated rings. The van der Waals surface area contributed by atoms with Crippen LogP contribution in [0.2, 0.25) is 0 Å². The summed E-state index contributed by atoms with van der Waals surface area (Å²) in [4.78, 5) is 4.13. The minimum Gasteiger partial charge on any atom is -0.339 e. The molecule has 0 aromatic carbocycles. The predicted octanol–water partition coefficient (Wildman–Crippen LogP) is 0.0812. The van der Waals surface area contributed by atoms with Gasteiger partial charge in [-0.25, -0.2) is 8.42 Å². The maximum Gasteiger partial charge on any atom is 0.227 e. The van der Waals surface area contributed by atoms with Crippen molar-refractivity contribution in [3.8, 4) is 0 Å². The first kappa shape index (κ1) is 11.5. The molecule has 7 heteroatoms. The van der Waals surface area contributed by atoms with Gasteiger partial charge in [-0.05, 0) is 19.9 Å². The maximum atomic E-state index is 11.7. The Hall–Kier alpha value is -0.950. The molecule has 0 aliphatic carbocycles. The van der Waals surface area contributed by atoms with Crippen molar-refractivity contribution in [2.75, 3.05) is 19.3 Å². The standard InChI is InChI=1S/C9H15N3O3S/c1-10-5-4-8-11-9(12-15-8)7-3-2-6-16(7,13)14/h7,10H,2-6H2,1H3. The topological polar surface area (TPSA) is 85.1 Å². The van der Waals surface area contributed by atoms with E-state index in [2.05, 4.69) is 15.5 Å². The molecule has 90 valence electrons. The largest absolute Gasteiger partial charge is 0.339 e. The zero-order valence-electron chi connectivity index (χ0n) is 9.14. The number of sulfone groups is 1. The lowest BCUT2D eigenvalue weighted by molar-refractivity contribution is 0.371. The molecule has 0 amide bonds. The molecule has 16 heavy (non-hydrogen) atoms. The summed E-state index contributed by atoms with van der Waals surface area (Å²) < 4.78 is 28.3. The highest BCUT2D eigenvalue weighted by Gasteiger charge is 2.36. The number of nitrogens with one attached hydrogen (secondary N) is 1. The number of likely N-dealkylation sites (N-methyl/N-ethyl adjacent to an activating group) is 1. The Balaban J connectivity index is 2.13. The molecule has 1 aliphatic heterocycles. The van der Waals surface area contributed by atoms with Gasteiger partial charge in [0.25, 0.3) is 0 Å². The molecule has 1 atom stereocenters. The first-order valence-corrected chi connectivity index (χ1v) is 7.03. The highest BCUT2D eigenvalue weighted by atomic mass is 32.2. The van der Waals surface area contributed by atoms with Gasteiger partial charge in [0.15, 0.2) is 15.7 Å². The highest BCUT2D eigenvalue weighted by molar-refractivity contribution is 7.91. The molecule has 0 radical (unpaired) electrons. The Morgan fingerprint density at radius 2 is 2.38 bits per heavy atom. The fraction of sp³-hybridized carbons (Fsp3) is 0.778. The second kappa shape index (κ2) is 4.50. The zero-order chi connectivity index (χ0) is 11.6. The number of aromatic nitrogens is 2. The van der Waals surface area contributed by atoms with E-state index in [1.54, 1.807) is 0 Å². The van der Waals surface area contributed by atoms with E-state index in [1.807, 2.05) is 7.05 Å². The van der Waals surface area contributed by atoms with Gasteiger partial charge in [-0.15, -0.1) is 0 Å². The quantitative estimate of drug-likeness (QED) is 0.808. The normalized spacial score (nSPS) is 23.7. The Bertz CT molecular complexity index is 454. The smallest absolute Gasteiger partial charge is 0.227 e. The molecular formula is C9H15N3O3S. The van der Waals surface area contributed by atoms with Crippen molar-refractivity contribution in [3.05, 3.63) is 11.7 Å². The van der Waals surface area contributed by atoms with E-state index < -0.39 is 15.1 Å². The van der Waals surface area contributed by atoms with Crippen molar-refractivity contribution in [2.24, 2.45) is 0 Å². The predicted molar refractivity (Wildman–Crippen MR) is 57.7 cm³/mol. The molecule has 1 unspecified atom stereocenters. The minimum atomic E-state index is -3.05. The second-order valence-corrected chi connectivity index (χ2v) is 6.20. The van der Waals surface area contributed by atoms with E-state index >= 15 is 0 Å². The Morgan fingerprint density at radius 1 is 1.56 bits per heavy atom. The molecule has 1 aromatic heterocycles. The Kier molecular flexibility index (Phi) is 3.25. The van der Waals surface area contributed by atoms with Gasteiger partial charge >= 0.3 is 0 Å². The van der Waals surface area contributed by atoms with Gasteiger partial charge in [-0.3, -0.25) is 0 Å². The summed E-state index contributed by atoms with van der Waals surface area (Å²) in [5.74, 6) is 1.05. The number of nitrogens with zero attached hydrogens (tertiary/aromatic N) is 2. The maximum absolute atomic E-state index is 11.7. The third-order valence-electron chi connectivity index (χ3n) is 2.69. The average molecular weight is 245 g/mol. The van der Waals surface area contributed by atoms with Crippen molar-refractivity contribution in [1.29, 1.82) is 0 Å². The van der Waals surface area contributed by atoms with Crippen LogP contribution >= 0.6 is 0 Å². The van der Waals surface area contributed by atoms with Gasteiger partial charge in [0, 0.05) is 13.0 Å². The molecule has 0 saturated carbocycles. The minimum absolute atomic E-state index is 0.234. The lowest BCUT2D eigenvalue weighted by atomic mass is 10.2. The Morgan fingerprint density at radius 3 is 3.00 bits per heavy atom. The second-order valence-electron chi connectivity index (χ2n) is 3.90. The van der Waals surface area contributed by atoms with Crippen LogP contribution in [0, 0.1) is 0 Å². The van der Waals surface area contributed by atoms with Gasteiger partial charge in [0.2, 0.25) is 5.89 Å². The number of rotatable bonds is 4. The molecule has 6 nitrogen and oxygen atoms in total. The van der Waals surface area contributed by atoms with Crippen LogP contribution in [0.4, 0.5) is 0 Å². The van der Waals surface area contributed by atoms with Gasteiger partial charge in [0.1, 0.15) is 5.25 Å². The SMILES string of the molecule is CNCCc1nc(C2CCCS2(=O)=O)no1. The number of hydrogen-bond acceptors (Lipinski definition) is 6. The third kappa shape index (κ3) is 2.25. The van der Waals surface area contributed by atoms with E-state index in [1.165, 1.54) is 0 Å². The van der Waals surface area contributed by atoms with E-state index in [9.17, 15) is 8.42 Å². The van der Waals surface area contributed by atoms with Crippen LogP contribution in [-0.2, 0) is 16.3 Å². The fourth-order valence-corrected chi connectivity index (χ4v) is 3.61. The van der Waals surface area contributed by atoms with Crippen LogP contribution in [0.3, 0.4) is 0 Å². The summed E-state index contributed by atoms with van der Waals surface area (Å²) in [6.45, 7) is 0.735. The average Bonchev–Trinajstić information content (AvgIpc) is 2.81. The summed E-state index contributed by atoms with van der Waals surface area (Å²) >= 11 is 0. The molecule has 1 aromatic rings. The summed E-state index contributed by atoms with van der Waals surface area (Å²) in [7, 11) is -1.22. The molecular weight excluding hydrogens is 230 g/mol. The molecule has 2 rings (SSSR count). The van der Waals surface area contributed by atoms with Crippen molar-refractivity contribution in [3.63, 3.8) is 0 Å². The molecule has 1 saturated heterocycles. The fourth-order valence-electron chi connectivity index (χ4n) is 1.81. The van der Waals surface area contributed by atoms with Crippen LogP contribution < -0.4 is 5.32 Å². The molecule has 1 aliphatic rings. The molecule has 1 N–H and O–H groups in total. The monoisotopic (exact) mass is 245 g/mol. The van der Waals surface area contributed by atoms with Gasteiger partial charge in [0.05, 0.1) is 5.75 Å². The van der Waals surface area contributed by atoms with E-state index in [0.717, 1.165) is 6.54 Å². The first-order chi connectivity index (χ1) is 7.63. The van der Waals surface area contributed by atoms with Crippen molar-refractivity contribution in [1.82, 2.24) is 15.5 Å².